The van der Waals surface area contributed by atoms with Crippen LogP contribution in [0.5, 0.6) is 5.75 Å². The summed E-state index contributed by atoms with van der Waals surface area (Å²) >= 11 is 0. The lowest BCUT2D eigenvalue weighted by molar-refractivity contribution is 0.305. The van der Waals surface area contributed by atoms with E-state index in [1.165, 1.54) is 0 Å². The van der Waals surface area contributed by atoms with Crippen LogP contribution < -0.4 is 15.8 Å². The van der Waals surface area contributed by atoms with Gasteiger partial charge in [-0.2, -0.15) is 0 Å². The predicted octanol–water partition coefficient (Wildman–Crippen LogP) is 1.85. The molecule has 0 spiro atoms. The summed E-state index contributed by atoms with van der Waals surface area (Å²) in [5.74, 6) is 0.866. The zero-order valence-electron chi connectivity index (χ0n) is 7.71. The third-order valence-corrected chi connectivity index (χ3v) is 2.13. The van der Waals surface area contributed by atoms with E-state index < -0.39 is 0 Å². The molecule has 0 amide bonds. The first-order chi connectivity index (χ1) is 6.31. The van der Waals surface area contributed by atoms with E-state index in [0.717, 1.165) is 30.0 Å². The van der Waals surface area contributed by atoms with Crippen molar-refractivity contribution < 1.29 is 4.74 Å². The number of ether oxygens (including phenoxy) is 1. The van der Waals surface area contributed by atoms with E-state index in [-0.39, 0.29) is 0 Å². The van der Waals surface area contributed by atoms with Crippen LogP contribution in [0, 0.1) is 0 Å². The SMILES string of the molecule is CNc1c(N)cccc1OC1CC1. The quantitative estimate of drug-likeness (QED) is 0.694. The molecular formula is C10H14N2O. The van der Waals surface area contributed by atoms with Crippen molar-refractivity contribution >= 4 is 11.4 Å². The van der Waals surface area contributed by atoms with Gasteiger partial charge >= 0.3 is 0 Å². The minimum atomic E-state index is 0.411. The van der Waals surface area contributed by atoms with Crippen molar-refractivity contribution in [1.82, 2.24) is 0 Å². The summed E-state index contributed by atoms with van der Waals surface area (Å²) in [7, 11) is 1.85. The number of rotatable bonds is 3. The van der Waals surface area contributed by atoms with Crippen molar-refractivity contribution in [1.29, 1.82) is 0 Å². The second kappa shape index (κ2) is 3.17. The van der Waals surface area contributed by atoms with Crippen molar-refractivity contribution in [2.45, 2.75) is 18.9 Å². The van der Waals surface area contributed by atoms with E-state index in [0.29, 0.717) is 6.10 Å². The molecule has 3 N–H and O–H groups in total. The standard InChI is InChI=1S/C10H14N2O/c1-12-10-8(11)3-2-4-9(10)13-7-5-6-7/h2-4,7,12H,5-6,11H2,1H3. The Hall–Kier alpha value is -1.38. The van der Waals surface area contributed by atoms with Crippen molar-refractivity contribution in [3.05, 3.63) is 18.2 Å². The topological polar surface area (TPSA) is 47.3 Å². The number of hydrogen-bond donors (Lipinski definition) is 2. The highest BCUT2D eigenvalue weighted by Crippen LogP contribution is 2.34. The fourth-order valence-electron chi connectivity index (χ4n) is 1.28. The molecule has 1 aliphatic carbocycles. The number of para-hydroxylation sites is 1. The highest BCUT2D eigenvalue weighted by molar-refractivity contribution is 5.73. The predicted molar refractivity (Wildman–Crippen MR) is 54.1 cm³/mol. The molecule has 0 aromatic heterocycles. The van der Waals surface area contributed by atoms with Crippen LogP contribution in [0.25, 0.3) is 0 Å². The van der Waals surface area contributed by atoms with E-state index in [4.69, 9.17) is 10.5 Å². The fraction of sp³-hybridized carbons (Fsp3) is 0.400. The van der Waals surface area contributed by atoms with Gasteiger partial charge in [-0.1, -0.05) is 6.07 Å². The Kier molecular flexibility index (Phi) is 2.00. The minimum absolute atomic E-state index is 0.411. The lowest BCUT2D eigenvalue weighted by atomic mass is 10.2. The summed E-state index contributed by atoms with van der Waals surface area (Å²) in [5, 5.41) is 3.05. The minimum Gasteiger partial charge on any atom is -0.488 e. The molecule has 0 radical (unpaired) electrons. The smallest absolute Gasteiger partial charge is 0.144 e. The Morgan fingerprint density at radius 1 is 1.46 bits per heavy atom. The van der Waals surface area contributed by atoms with Gasteiger partial charge in [0.05, 0.1) is 17.5 Å². The highest BCUT2D eigenvalue weighted by atomic mass is 16.5. The van der Waals surface area contributed by atoms with Crippen molar-refractivity contribution in [2.75, 3.05) is 18.1 Å². The summed E-state index contributed by atoms with van der Waals surface area (Å²) in [4.78, 5) is 0. The molecule has 70 valence electrons. The molecule has 0 heterocycles. The molecule has 0 unspecified atom stereocenters. The lowest BCUT2D eigenvalue weighted by Gasteiger charge is -2.12. The number of benzene rings is 1. The van der Waals surface area contributed by atoms with Crippen molar-refractivity contribution in [3.8, 4) is 5.75 Å². The Bertz CT molecular complexity index is 308. The number of hydrogen-bond acceptors (Lipinski definition) is 3. The number of nitrogens with two attached hydrogens (primary N) is 1. The molecule has 0 atom stereocenters. The molecule has 13 heavy (non-hydrogen) atoms. The first-order valence-electron chi connectivity index (χ1n) is 4.54. The van der Waals surface area contributed by atoms with Gasteiger partial charge in [-0.15, -0.1) is 0 Å². The molecule has 0 bridgehead atoms. The third kappa shape index (κ3) is 1.69. The number of nitrogens with one attached hydrogen (secondary N) is 1. The van der Waals surface area contributed by atoms with Gasteiger partial charge < -0.3 is 15.8 Å². The van der Waals surface area contributed by atoms with Gasteiger partial charge in [0.1, 0.15) is 5.75 Å². The van der Waals surface area contributed by atoms with Crippen molar-refractivity contribution in [2.24, 2.45) is 0 Å². The monoisotopic (exact) mass is 178 g/mol. The van der Waals surface area contributed by atoms with Gasteiger partial charge in [-0.3, -0.25) is 0 Å². The number of nitrogen functional groups attached to an aromatic ring is 1. The van der Waals surface area contributed by atoms with Gasteiger partial charge in [0.15, 0.2) is 0 Å². The molecule has 1 aromatic carbocycles. The summed E-state index contributed by atoms with van der Waals surface area (Å²) in [6.07, 6.45) is 2.74. The van der Waals surface area contributed by atoms with Crippen LogP contribution in [0.3, 0.4) is 0 Å². The van der Waals surface area contributed by atoms with Crippen LogP contribution in [0.4, 0.5) is 11.4 Å². The summed E-state index contributed by atoms with van der Waals surface area (Å²) in [6.45, 7) is 0. The first-order valence-corrected chi connectivity index (χ1v) is 4.54. The van der Waals surface area contributed by atoms with E-state index in [2.05, 4.69) is 5.32 Å². The van der Waals surface area contributed by atoms with Crippen LogP contribution in [0.2, 0.25) is 0 Å². The van der Waals surface area contributed by atoms with Gasteiger partial charge in [0, 0.05) is 7.05 Å². The molecule has 0 saturated heterocycles. The molecule has 1 aromatic rings. The second-order valence-electron chi connectivity index (χ2n) is 3.29. The molecule has 3 heteroatoms. The average Bonchev–Trinajstić information content (AvgIpc) is 2.89. The molecule has 3 nitrogen and oxygen atoms in total. The molecule has 1 aliphatic rings. The fourth-order valence-corrected chi connectivity index (χ4v) is 1.28. The maximum atomic E-state index is 5.79. The van der Waals surface area contributed by atoms with Crippen LogP contribution in [0.1, 0.15) is 12.8 Å². The van der Waals surface area contributed by atoms with Crippen LogP contribution >= 0.6 is 0 Å². The van der Waals surface area contributed by atoms with Crippen LogP contribution in [-0.4, -0.2) is 13.2 Å². The Morgan fingerprint density at radius 3 is 2.85 bits per heavy atom. The zero-order chi connectivity index (χ0) is 9.26. The molecule has 0 aliphatic heterocycles. The summed E-state index contributed by atoms with van der Waals surface area (Å²) in [5.41, 5.74) is 7.42. The largest absolute Gasteiger partial charge is 0.488 e. The molecule has 1 saturated carbocycles. The second-order valence-corrected chi connectivity index (χ2v) is 3.29. The maximum Gasteiger partial charge on any atom is 0.144 e. The highest BCUT2D eigenvalue weighted by Gasteiger charge is 2.24. The molecule has 2 rings (SSSR count). The zero-order valence-corrected chi connectivity index (χ0v) is 7.71. The number of anilines is 2. The normalized spacial score (nSPS) is 15.5. The van der Waals surface area contributed by atoms with E-state index in [1.54, 1.807) is 0 Å². The molecular weight excluding hydrogens is 164 g/mol. The van der Waals surface area contributed by atoms with Gasteiger partial charge in [0.2, 0.25) is 0 Å². The third-order valence-electron chi connectivity index (χ3n) is 2.13. The van der Waals surface area contributed by atoms with E-state index >= 15 is 0 Å². The van der Waals surface area contributed by atoms with Crippen LogP contribution in [-0.2, 0) is 0 Å². The first kappa shape index (κ1) is 8.23. The van der Waals surface area contributed by atoms with Crippen molar-refractivity contribution in [3.63, 3.8) is 0 Å². The van der Waals surface area contributed by atoms with Gasteiger partial charge in [0.25, 0.3) is 0 Å². The lowest BCUT2D eigenvalue weighted by Crippen LogP contribution is -2.02. The van der Waals surface area contributed by atoms with Gasteiger partial charge in [-0.25, -0.2) is 0 Å². The summed E-state index contributed by atoms with van der Waals surface area (Å²) < 4.78 is 5.69. The average molecular weight is 178 g/mol. The van der Waals surface area contributed by atoms with Crippen LogP contribution in [0.15, 0.2) is 18.2 Å². The van der Waals surface area contributed by atoms with E-state index in [9.17, 15) is 0 Å². The molecule has 1 fully saturated rings. The van der Waals surface area contributed by atoms with E-state index in [1.807, 2.05) is 25.2 Å². The Morgan fingerprint density at radius 2 is 2.23 bits per heavy atom. The Balaban J connectivity index is 2.25. The van der Waals surface area contributed by atoms with Gasteiger partial charge in [-0.05, 0) is 25.0 Å². The Labute approximate surface area is 77.9 Å². The summed E-state index contributed by atoms with van der Waals surface area (Å²) in [6, 6.07) is 5.72. The maximum absolute atomic E-state index is 5.79.